The number of amides is 1. The Bertz CT molecular complexity index is 596. The summed E-state index contributed by atoms with van der Waals surface area (Å²) in [5.74, 6) is -0.0832. The van der Waals surface area contributed by atoms with Crippen molar-refractivity contribution in [2.75, 3.05) is 0 Å². The molecule has 0 aliphatic rings. The van der Waals surface area contributed by atoms with Crippen molar-refractivity contribution in [3.05, 3.63) is 70.2 Å². The van der Waals surface area contributed by atoms with Crippen LogP contribution in [0.2, 0.25) is 0 Å². The van der Waals surface area contributed by atoms with Crippen molar-refractivity contribution < 1.29 is 4.79 Å². The van der Waals surface area contributed by atoms with Gasteiger partial charge in [0.05, 0.1) is 6.21 Å². The van der Waals surface area contributed by atoms with E-state index in [0.29, 0.717) is 6.42 Å². The van der Waals surface area contributed by atoms with Crippen molar-refractivity contribution in [1.29, 1.82) is 0 Å². The molecule has 0 fully saturated rings. The Kier molecular flexibility index (Phi) is 5.50. The van der Waals surface area contributed by atoms with E-state index in [1.165, 1.54) is 0 Å². The van der Waals surface area contributed by atoms with Crippen LogP contribution in [0.4, 0.5) is 0 Å². The monoisotopic (exact) mass is 330 g/mol. The first-order valence-electron chi connectivity index (χ1n) is 6.35. The predicted octanol–water partition coefficient (Wildman–Crippen LogP) is 3.53. The molecule has 0 saturated heterocycles. The fourth-order valence-corrected chi connectivity index (χ4v) is 2.14. The molecule has 0 saturated carbocycles. The second kappa shape index (κ2) is 7.60. The smallest absolute Gasteiger partial charge is 0.240 e. The number of nitrogens with zero attached hydrogens (tertiary/aromatic N) is 1. The number of aryl methyl sites for hydroxylation is 1. The molecule has 0 aromatic heterocycles. The molecule has 4 heteroatoms. The van der Waals surface area contributed by atoms with Crippen molar-refractivity contribution in [3.8, 4) is 0 Å². The maximum Gasteiger partial charge on any atom is 0.240 e. The minimum atomic E-state index is -0.0832. The molecule has 0 atom stereocenters. The molecular formula is C16H15BrN2O. The molecule has 3 nitrogen and oxygen atoms in total. The Labute approximate surface area is 126 Å². The zero-order valence-corrected chi connectivity index (χ0v) is 12.5. The van der Waals surface area contributed by atoms with E-state index in [9.17, 15) is 4.79 Å². The third-order valence-corrected chi connectivity index (χ3v) is 3.23. The van der Waals surface area contributed by atoms with Gasteiger partial charge in [-0.25, -0.2) is 5.43 Å². The number of carbonyl (C=O) groups is 1. The number of rotatable bonds is 5. The van der Waals surface area contributed by atoms with Crippen molar-refractivity contribution >= 4 is 28.1 Å². The van der Waals surface area contributed by atoms with E-state index in [0.717, 1.165) is 22.0 Å². The average molecular weight is 331 g/mol. The van der Waals surface area contributed by atoms with Crippen LogP contribution in [-0.2, 0) is 11.2 Å². The van der Waals surface area contributed by atoms with E-state index >= 15 is 0 Å². The van der Waals surface area contributed by atoms with Crippen LogP contribution < -0.4 is 5.43 Å². The van der Waals surface area contributed by atoms with Gasteiger partial charge in [0.2, 0.25) is 5.91 Å². The Morgan fingerprint density at radius 3 is 2.70 bits per heavy atom. The maximum atomic E-state index is 11.6. The highest BCUT2D eigenvalue weighted by atomic mass is 79.9. The van der Waals surface area contributed by atoms with Crippen molar-refractivity contribution in [2.24, 2.45) is 5.10 Å². The van der Waals surface area contributed by atoms with Gasteiger partial charge < -0.3 is 0 Å². The van der Waals surface area contributed by atoms with E-state index in [4.69, 9.17) is 0 Å². The Morgan fingerprint density at radius 1 is 1.15 bits per heavy atom. The first-order chi connectivity index (χ1) is 9.74. The predicted molar refractivity (Wildman–Crippen MR) is 84.6 cm³/mol. The highest BCUT2D eigenvalue weighted by Gasteiger charge is 2.00. The highest BCUT2D eigenvalue weighted by molar-refractivity contribution is 9.10. The van der Waals surface area contributed by atoms with E-state index in [1.807, 2.05) is 54.6 Å². The van der Waals surface area contributed by atoms with Crippen LogP contribution >= 0.6 is 15.9 Å². The Morgan fingerprint density at radius 2 is 1.95 bits per heavy atom. The third-order valence-electron chi connectivity index (χ3n) is 2.74. The van der Waals surface area contributed by atoms with Gasteiger partial charge in [-0.05, 0) is 29.7 Å². The van der Waals surface area contributed by atoms with Crippen molar-refractivity contribution in [1.82, 2.24) is 5.43 Å². The molecule has 2 aromatic rings. The fourth-order valence-electron chi connectivity index (χ4n) is 1.72. The topological polar surface area (TPSA) is 41.5 Å². The van der Waals surface area contributed by atoms with Crippen LogP contribution in [0, 0.1) is 0 Å². The molecule has 0 unspecified atom stereocenters. The van der Waals surface area contributed by atoms with Gasteiger partial charge in [0.1, 0.15) is 0 Å². The quantitative estimate of drug-likeness (QED) is 0.661. The summed E-state index contributed by atoms with van der Waals surface area (Å²) in [6.45, 7) is 0. The largest absolute Gasteiger partial charge is 0.273 e. The molecule has 0 heterocycles. The normalized spacial score (nSPS) is 10.7. The van der Waals surface area contributed by atoms with E-state index < -0.39 is 0 Å². The highest BCUT2D eigenvalue weighted by Crippen LogP contribution is 2.09. The van der Waals surface area contributed by atoms with Gasteiger partial charge in [0.15, 0.2) is 0 Å². The molecule has 102 valence electrons. The number of hydrazone groups is 1. The molecule has 0 aliphatic heterocycles. The van der Waals surface area contributed by atoms with Gasteiger partial charge in [-0.15, -0.1) is 0 Å². The molecule has 1 N–H and O–H groups in total. The number of halogens is 1. The summed E-state index contributed by atoms with van der Waals surface area (Å²) in [4.78, 5) is 11.6. The lowest BCUT2D eigenvalue weighted by atomic mass is 10.1. The second-order valence-electron chi connectivity index (χ2n) is 4.33. The zero-order chi connectivity index (χ0) is 14.2. The Balaban J connectivity index is 1.78. The number of hydrogen-bond acceptors (Lipinski definition) is 2. The van der Waals surface area contributed by atoms with Crippen molar-refractivity contribution in [3.63, 3.8) is 0 Å². The molecule has 2 rings (SSSR count). The first-order valence-corrected chi connectivity index (χ1v) is 7.15. The number of benzene rings is 2. The third kappa shape index (κ3) is 4.97. The molecule has 0 aliphatic carbocycles. The lowest BCUT2D eigenvalue weighted by Crippen LogP contribution is -2.17. The number of hydrogen-bond donors (Lipinski definition) is 1. The van der Waals surface area contributed by atoms with Crippen LogP contribution in [0.3, 0.4) is 0 Å². The van der Waals surface area contributed by atoms with Gasteiger partial charge in [-0.2, -0.15) is 5.10 Å². The minimum Gasteiger partial charge on any atom is -0.273 e. The van der Waals surface area contributed by atoms with E-state index in [2.05, 4.69) is 26.5 Å². The lowest BCUT2D eigenvalue weighted by Gasteiger charge is -2.00. The molecule has 0 radical (unpaired) electrons. The van der Waals surface area contributed by atoms with Crippen LogP contribution in [0.15, 0.2) is 64.2 Å². The fraction of sp³-hybridized carbons (Fsp3) is 0.125. The van der Waals surface area contributed by atoms with Gasteiger partial charge in [-0.1, -0.05) is 58.4 Å². The summed E-state index contributed by atoms with van der Waals surface area (Å²) in [6.07, 6.45) is 2.78. The van der Waals surface area contributed by atoms with Crippen LogP contribution in [-0.4, -0.2) is 12.1 Å². The molecule has 0 spiro atoms. The van der Waals surface area contributed by atoms with E-state index in [-0.39, 0.29) is 5.91 Å². The molecule has 0 bridgehead atoms. The average Bonchev–Trinajstić information content (AvgIpc) is 2.46. The van der Waals surface area contributed by atoms with Crippen LogP contribution in [0.1, 0.15) is 17.5 Å². The summed E-state index contributed by atoms with van der Waals surface area (Å²) in [5, 5.41) is 3.95. The summed E-state index contributed by atoms with van der Waals surface area (Å²) >= 11 is 3.38. The van der Waals surface area contributed by atoms with Gasteiger partial charge >= 0.3 is 0 Å². The van der Waals surface area contributed by atoms with Gasteiger partial charge in [0.25, 0.3) is 0 Å². The van der Waals surface area contributed by atoms with Crippen LogP contribution in [0.5, 0.6) is 0 Å². The van der Waals surface area contributed by atoms with Crippen molar-refractivity contribution in [2.45, 2.75) is 12.8 Å². The van der Waals surface area contributed by atoms with E-state index in [1.54, 1.807) is 6.21 Å². The molecule has 1 amide bonds. The molecule has 20 heavy (non-hydrogen) atoms. The first kappa shape index (κ1) is 14.5. The molecular weight excluding hydrogens is 316 g/mol. The second-order valence-corrected chi connectivity index (χ2v) is 5.25. The standard InChI is InChI=1S/C16H15BrN2O/c17-15-8-4-7-14(11-15)12-18-19-16(20)10-9-13-5-2-1-3-6-13/h1-8,11-12H,9-10H2,(H,19,20)/b18-12-. The Hall–Kier alpha value is -1.94. The maximum absolute atomic E-state index is 11.6. The van der Waals surface area contributed by atoms with Gasteiger partial charge in [-0.3, -0.25) is 4.79 Å². The zero-order valence-electron chi connectivity index (χ0n) is 10.9. The van der Waals surface area contributed by atoms with Crippen LogP contribution in [0.25, 0.3) is 0 Å². The number of nitrogens with one attached hydrogen (secondary N) is 1. The summed E-state index contributed by atoms with van der Waals surface area (Å²) in [6, 6.07) is 17.6. The summed E-state index contributed by atoms with van der Waals surface area (Å²) in [5.41, 5.74) is 4.62. The summed E-state index contributed by atoms with van der Waals surface area (Å²) < 4.78 is 0.983. The number of carbonyl (C=O) groups excluding carboxylic acids is 1. The molecule has 2 aromatic carbocycles. The lowest BCUT2D eigenvalue weighted by molar-refractivity contribution is -0.121. The summed E-state index contributed by atoms with van der Waals surface area (Å²) in [7, 11) is 0. The minimum absolute atomic E-state index is 0.0832. The van der Waals surface area contributed by atoms with Gasteiger partial charge in [0, 0.05) is 10.9 Å². The SMILES string of the molecule is O=C(CCc1ccccc1)N/N=C\c1cccc(Br)c1.